The van der Waals surface area contributed by atoms with Gasteiger partial charge in [0.05, 0.1) is 18.4 Å². The molecule has 3 rings (SSSR count). The first kappa shape index (κ1) is 11.8. The molecule has 0 amide bonds. The zero-order valence-electron chi connectivity index (χ0n) is 10.5. The van der Waals surface area contributed by atoms with Crippen LogP contribution in [0, 0.1) is 0 Å². The molecule has 2 aromatic heterocycles. The molecule has 0 aromatic carbocycles. The molecule has 1 N–H and O–H groups in total. The van der Waals surface area contributed by atoms with Crippen molar-refractivity contribution in [2.45, 2.75) is 12.6 Å². The van der Waals surface area contributed by atoms with Gasteiger partial charge in [0.15, 0.2) is 5.69 Å². The first-order chi connectivity index (χ1) is 9.11. The molecule has 2 aromatic rings. The Balaban J connectivity index is 1.55. The van der Waals surface area contributed by atoms with Gasteiger partial charge in [0, 0.05) is 38.4 Å². The minimum Gasteiger partial charge on any atom is -0.476 e. The normalized spacial score (nSPS) is 16.5. The zero-order valence-corrected chi connectivity index (χ0v) is 10.5. The van der Waals surface area contributed by atoms with Gasteiger partial charge in [-0.1, -0.05) is 5.21 Å². The summed E-state index contributed by atoms with van der Waals surface area (Å²) in [6.45, 7) is 2.54. The molecule has 0 saturated carbocycles. The fraction of sp³-hybridized carbons (Fsp3) is 0.455. The second-order valence-electron chi connectivity index (χ2n) is 4.76. The number of aromatic nitrogens is 5. The number of hydrogen-bond acceptors (Lipinski definition) is 5. The summed E-state index contributed by atoms with van der Waals surface area (Å²) >= 11 is 0. The lowest BCUT2D eigenvalue weighted by Crippen LogP contribution is -2.47. The van der Waals surface area contributed by atoms with Crippen molar-refractivity contribution in [3.8, 4) is 0 Å². The first-order valence-corrected chi connectivity index (χ1v) is 5.97. The van der Waals surface area contributed by atoms with Crippen LogP contribution in [-0.4, -0.2) is 53.8 Å². The predicted molar refractivity (Wildman–Crippen MR) is 64.5 cm³/mol. The fourth-order valence-corrected chi connectivity index (χ4v) is 2.20. The van der Waals surface area contributed by atoms with E-state index in [9.17, 15) is 4.79 Å². The monoisotopic (exact) mass is 262 g/mol. The van der Waals surface area contributed by atoms with Crippen LogP contribution in [0.25, 0.3) is 0 Å². The van der Waals surface area contributed by atoms with E-state index in [1.165, 1.54) is 11.8 Å². The number of carbonyl (C=O) groups is 1. The Labute approximate surface area is 109 Å². The van der Waals surface area contributed by atoms with Crippen LogP contribution in [0.2, 0.25) is 0 Å². The third kappa shape index (κ3) is 2.34. The molecule has 0 aliphatic carbocycles. The van der Waals surface area contributed by atoms with Crippen LogP contribution in [0.15, 0.2) is 18.6 Å². The predicted octanol–water partition coefficient (Wildman–Crippen LogP) is -0.233. The second kappa shape index (κ2) is 4.47. The van der Waals surface area contributed by atoms with Crippen LogP contribution in [-0.2, 0) is 13.6 Å². The molecule has 8 heteroatoms. The molecule has 1 fully saturated rings. The SMILES string of the molecule is Cn1cc(CN2CC(n3cc(C(=O)O)nn3)C2)cn1. The highest BCUT2D eigenvalue weighted by Gasteiger charge is 2.29. The summed E-state index contributed by atoms with van der Waals surface area (Å²) < 4.78 is 3.41. The van der Waals surface area contributed by atoms with E-state index >= 15 is 0 Å². The lowest BCUT2D eigenvalue weighted by Gasteiger charge is -2.38. The number of aromatic carboxylic acids is 1. The molecule has 1 aliphatic heterocycles. The summed E-state index contributed by atoms with van der Waals surface area (Å²) in [5, 5.41) is 20.4. The molecule has 0 bridgehead atoms. The van der Waals surface area contributed by atoms with Gasteiger partial charge in [0.2, 0.25) is 0 Å². The minimum absolute atomic E-state index is 0.00860. The van der Waals surface area contributed by atoms with Crippen LogP contribution < -0.4 is 0 Å². The minimum atomic E-state index is -1.04. The highest BCUT2D eigenvalue weighted by molar-refractivity contribution is 5.84. The summed E-state index contributed by atoms with van der Waals surface area (Å²) in [6.07, 6.45) is 5.32. The molecular formula is C11H14N6O2. The molecule has 0 spiro atoms. The Kier molecular flexibility index (Phi) is 2.79. The molecule has 100 valence electrons. The Bertz CT molecular complexity index is 598. The molecule has 0 radical (unpaired) electrons. The quantitative estimate of drug-likeness (QED) is 0.818. The maximum Gasteiger partial charge on any atom is 0.358 e. The van der Waals surface area contributed by atoms with Gasteiger partial charge in [-0.3, -0.25) is 9.58 Å². The summed E-state index contributed by atoms with van der Waals surface area (Å²) in [5.74, 6) is -1.04. The van der Waals surface area contributed by atoms with Gasteiger partial charge in [-0.05, 0) is 0 Å². The number of aryl methyl sites for hydroxylation is 1. The van der Waals surface area contributed by atoms with Gasteiger partial charge in [0.1, 0.15) is 0 Å². The van der Waals surface area contributed by atoms with Crippen LogP contribution in [0.3, 0.4) is 0 Å². The second-order valence-corrected chi connectivity index (χ2v) is 4.76. The average molecular weight is 262 g/mol. The summed E-state index contributed by atoms with van der Waals surface area (Å²) in [5.41, 5.74) is 1.16. The molecular weight excluding hydrogens is 248 g/mol. The zero-order chi connectivity index (χ0) is 13.4. The lowest BCUT2D eigenvalue weighted by molar-refractivity contribution is 0.0690. The summed E-state index contributed by atoms with van der Waals surface area (Å²) in [7, 11) is 1.89. The van der Waals surface area contributed by atoms with Gasteiger partial charge in [-0.2, -0.15) is 5.10 Å². The van der Waals surface area contributed by atoms with Crippen molar-refractivity contribution < 1.29 is 9.90 Å². The third-order valence-corrected chi connectivity index (χ3v) is 3.21. The smallest absolute Gasteiger partial charge is 0.358 e. The standard InChI is InChI=1S/C11H14N6O2/c1-15-3-8(2-12-15)4-16-5-9(6-16)17-7-10(11(18)19)13-14-17/h2-3,7,9H,4-6H2,1H3,(H,18,19). The Morgan fingerprint density at radius 1 is 1.47 bits per heavy atom. The molecule has 0 unspecified atom stereocenters. The van der Waals surface area contributed by atoms with Gasteiger partial charge in [-0.25, -0.2) is 9.48 Å². The maximum atomic E-state index is 10.7. The Hall–Kier alpha value is -2.22. The van der Waals surface area contributed by atoms with Crippen molar-refractivity contribution in [3.05, 3.63) is 29.8 Å². The van der Waals surface area contributed by atoms with Crippen LogP contribution in [0.4, 0.5) is 0 Å². The van der Waals surface area contributed by atoms with E-state index in [1.54, 1.807) is 9.36 Å². The number of hydrogen-bond donors (Lipinski definition) is 1. The molecule has 3 heterocycles. The Morgan fingerprint density at radius 3 is 2.84 bits per heavy atom. The van der Waals surface area contributed by atoms with E-state index in [-0.39, 0.29) is 11.7 Å². The van der Waals surface area contributed by atoms with E-state index in [0.717, 1.165) is 19.6 Å². The largest absolute Gasteiger partial charge is 0.476 e. The van der Waals surface area contributed by atoms with Gasteiger partial charge >= 0.3 is 5.97 Å². The average Bonchev–Trinajstić information content (AvgIpc) is 2.91. The molecule has 0 atom stereocenters. The van der Waals surface area contributed by atoms with Crippen LogP contribution in [0.5, 0.6) is 0 Å². The summed E-state index contributed by atoms with van der Waals surface area (Å²) in [6, 6.07) is 0.206. The number of carboxylic acid groups (broad SMARTS) is 1. The van der Waals surface area contributed by atoms with Gasteiger partial charge < -0.3 is 5.11 Å². The first-order valence-electron chi connectivity index (χ1n) is 5.97. The van der Waals surface area contributed by atoms with E-state index in [0.29, 0.717) is 0 Å². The van der Waals surface area contributed by atoms with Crippen molar-refractivity contribution in [3.63, 3.8) is 0 Å². The van der Waals surface area contributed by atoms with E-state index in [1.807, 2.05) is 19.4 Å². The van der Waals surface area contributed by atoms with Crippen molar-refractivity contribution in [2.24, 2.45) is 7.05 Å². The van der Waals surface area contributed by atoms with Crippen molar-refractivity contribution in [1.29, 1.82) is 0 Å². The molecule has 19 heavy (non-hydrogen) atoms. The van der Waals surface area contributed by atoms with E-state index in [4.69, 9.17) is 5.11 Å². The topological polar surface area (TPSA) is 89.1 Å². The van der Waals surface area contributed by atoms with Crippen molar-refractivity contribution in [2.75, 3.05) is 13.1 Å². The summed E-state index contributed by atoms with van der Waals surface area (Å²) in [4.78, 5) is 13.0. The van der Waals surface area contributed by atoms with E-state index in [2.05, 4.69) is 20.3 Å². The van der Waals surface area contributed by atoms with Gasteiger partial charge in [0.25, 0.3) is 0 Å². The lowest BCUT2D eigenvalue weighted by atomic mass is 10.1. The number of carboxylic acids is 1. The van der Waals surface area contributed by atoms with Gasteiger partial charge in [-0.15, -0.1) is 5.10 Å². The maximum absolute atomic E-state index is 10.7. The van der Waals surface area contributed by atoms with E-state index < -0.39 is 5.97 Å². The van der Waals surface area contributed by atoms with Crippen LogP contribution in [0.1, 0.15) is 22.1 Å². The molecule has 8 nitrogen and oxygen atoms in total. The Morgan fingerprint density at radius 2 is 2.26 bits per heavy atom. The van der Waals surface area contributed by atoms with Crippen LogP contribution >= 0.6 is 0 Å². The highest BCUT2D eigenvalue weighted by Crippen LogP contribution is 2.22. The number of nitrogens with zero attached hydrogens (tertiary/aromatic N) is 6. The third-order valence-electron chi connectivity index (χ3n) is 3.21. The highest BCUT2D eigenvalue weighted by atomic mass is 16.4. The fourth-order valence-electron chi connectivity index (χ4n) is 2.20. The molecule has 1 saturated heterocycles. The molecule has 1 aliphatic rings. The number of rotatable bonds is 4. The van der Waals surface area contributed by atoms with Crippen molar-refractivity contribution in [1.82, 2.24) is 29.7 Å². The van der Waals surface area contributed by atoms with Crippen molar-refractivity contribution >= 4 is 5.97 Å². The number of likely N-dealkylation sites (tertiary alicyclic amines) is 1.